The number of hydrogen-bond donors (Lipinski definition) is 0. The van der Waals surface area contributed by atoms with Crippen LogP contribution in [0.2, 0.25) is 0 Å². The minimum atomic E-state index is -0.596. The van der Waals surface area contributed by atoms with Gasteiger partial charge >= 0.3 is 5.97 Å². The molecule has 2 aromatic carbocycles. The molecule has 3 rings (SSSR count). The summed E-state index contributed by atoms with van der Waals surface area (Å²) in [5.74, 6) is -0.596. The number of rotatable bonds is 4. The maximum absolute atomic E-state index is 12.2. The van der Waals surface area contributed by atoms with Gasteiger partial charge in [-0.15, -0.1) is 0 Å². The summed E-state index contributed by atoms with van der Waals surface area (Å²) < 4.78 is 6.66. The molecule has 0 spiro atoms. The van der Waals surface area contributed by atoms with E-state index in [1.165, 1.54) is 0 Å². The molecule has 0 saturated heterocycles. The summed E-state index contributed by atoms with van der Waals surface area (Å²) in [5.41, 5.74) is 2.39. The zero-order chi connectivity index (χ0) is 16.9. The first kappa shape index (κ1) is 15.5. The molecule has 0 fully saturated rings. The van der Waals surface area contributed by atoms with E-state index in [0.717, 1.165) is 11.3 Å². The van der Waals surface area contributed by atoms with E-state index >= 15 is 0 Å². The van der Waals surface area contributed by atoms with Gasteiger partial charge in [-0.1, -0.05) is 48.5 Å². The van der Waals surface area contributed by atoms with Gasteiger partial charge in [-0.05, 0) is 19.1 Å². The Kier molecular flexibility index (Phi) is 4.39. The van der Waals surface area contributed by atoms with Crippen molar-refractivity contribution in [3.05, 3.63) is 71.9 Å². The van der Waals surface area contributed by atoms with E-state index in [2.05, 4.69) is 11.2 Å². The lowest BCUT2D eigenvalue weighted by molar-refractivity contribution is 0.0518. The maximum Gasteiger partial charge on any atom is 0.360 e. The molecule has 3 aromatic rings. The molecule has 0 N–H and O–H groups in total. The highest BCUT2D eigenvalue weighted by atomic mass is 16.5. The average Bonchev–Trinajstić information content (AvgIpc) is 3.03. The van der Waals surface area contributed by atoms with E-state index in [1.807, 2.05) is 60.7 Å². The van der Waals surface area contributed by atoms with E-state index < -0.39 is 5.97 Å². The summed E-state index contributed by atoms with van der Waals surface area (Å²) in [6.45, 7) is 1.94. The van der Waals surface area contributed by atoms with Crippen LogP contribution < -0.4 is 0 Å². The van der Waals surface area contributed by atoms with Gasteiger partial charge in [-0.2, -0.15) is 10.4 Å². The Labute approximate surface area is 139 Å². The van der Waals surface area contributed by atoms with Crippen molar-refractivity contribution in [1.82, 2.24) is 9.78 Å². The predicted molar refractivity (Wildman–Crippen MR) is 89.7 cm³/mol. The second-order valence-corrected chi connectivity index (χ2v) is 5.02. The molecule has 5 heteroatoms. The number of aromatic nitrogens is 2. The molecule has 0 aliphatic rings. The first-order valence-electron chi connectivity index (χ1n) is 7.57. The number of carbonyl (C=O) groups is 1. The fraction of sp³-hybridized carbons (Fsp3) is 0.105. The van der Waals surface area contributed by atoms with E-state index in [9.17, 15) is 10.1 Å². The monoisotopic (exact) mass is 317 g/mol. The third kappa shape index (κ3) is 2.77. The maximum atomic E-state index is 12.2. The number of carbonyl (C=O) groups excluding carboxylic acids is 1. The van der Waals surface area contributed by atoms with Crippen LogP contribution >= 0.6 is 0 Å². The highest BCUT2D eigenvalue weighted by Gasteiger charge is 2.25. The van der Waals surface area contributed by atoms with Crippen molar-refractivity contribution in [3.63, 3.8) is 0 Å². The van der Waals surface area contributed by atoms with E-state index in [0.29, 0.717) is 5.69 Å². The van der Waals surface area contributed by atoms with Crippen molar-refractivity contribution in [1.29, 1.82) is 5.26 Å². The second-order valence-electron chi connectivity index (χ2n) is 5.02. The quantitative estimate of drug-likeness (QED) is 0.690. The molecule has 0 aliphatic carbocycles. The molecule has 0 saturated carbocycles. The van der Waals surface area contributed by atoms with Crippen molar-refractivity contribution in [2.24, 2.45) is 0 Å². The molecule has 1 aromatic heterocycles. The van der Waals surface area contributed by atoms with Crippen LogP contribution in [-0.4, -0.2) is 22.4 Å². The summed E-state index contributed by atoms with van der Waals surface area (Å²) >= 11 is 0. The van der Waals surface area contributed by atoms with Gasteiger partial charge in [0.25, 0.3) is 0 Å². The number of nitrogens with zero attached hydrogens (tertiary/aromatic N) is 3. The summed E-state index contributed by atoms with van der Waals surface area (Å²) in [4.78, 5) is 12.2. The molecule has 0 bridgehead atoms. The Hall–Kier alpha value is -3.39. The van der Waals surface area contributed by atoms with Crippen LogP contribution in [0.15, 0.2) is 60.7 Å². The molecule has 0 atom stereocenters. The Bertz CT molecular complexity index is 894. The number of para-hydroxylation sites is 1. The van der Waals surface area contributed by atoms with Gasteiger partial charge < -0.3 is 4.74 Å². The molecule has 24 heavy (non-hydrogen) atoms. The highest BCUT2D eigenvalue weighted by molar-refractivity contribution is 5.93. The van der Waals surface area contributed by atoms with Gasteiger partial charge in [0.05, 0.1) is 18.0 Å². The molecule has 0 unspecified atom stereocenters. The van der Waals surface area contributed by atoms with E-state index in [-0.39, 0.29) is 17.9 Å². The van der Waals surface area contributed by atoms with Crippen LogP contribution in [0.25, 0.3) is 16.9 Å². The van der Waals surface area contributed by atoms with Crippen LogP contribution in [0, 0.1) is 11.3 Å². The lowest BCUT2D eigenvalue weighted by Gasteiger charge is -2.07. The van der Waals surface area contributed by atoms with Gasteiger partial charge in [0.2, 0.25) is 0 Å². The van der Waals surface area contributed by atoms with Gasteiger partial charge in [0.1, 0.15) is 11.6 Å². The van der Waals surface area contributed by atoms with Gasteiger partial charge in [0.15, 0.2) is 5.69 Å². The summed E-state index contributed by atoms with van der Waals surface area (Å²) in [7, 11) is 0. The predicted octanol–water partition coefficient (Wildman–Crippen LogP) is 3.59. The van der Waals surface area contributed by atoms with Crippen molar-refractivity contribution in [2.75, 3.05) is 6.61 Å². The average molecular weight is 317 g/mol. The van der Waals surface area contributed by atoms with Crippen LogP contribution in [0.1, 0.15) is 23.0 Å². The summed E-state index contributed by atoms with van der Waals surface area (Å²) in [6.07, 6.45) is 0. The zero-order valence-corrected chi connectivity index (χ0v) is 13.1. The minimum absolute atomic E-state index is 0.0297. The minimum Gasteiger partial charge on any atom is -0.461 e. The van der Waals surface area contributed by atoms with Gasteiger partial charge in [-0.3, -0.25) is 0 Å². The Morgan fingerprint density at radius 2 is 1.75 bits per heavy atom. The number of esters is 1. The summed E-state index contributed by atoms with van der Waals surface area (Å²) in [5, 5.41) is 14.0. The lowest BCUT2D eigenvalue weighted by atomic mass is 10.1. The molecule has 5 nitrogen and oxygen atoms in total. The summed E-state index contributed by atoms with van der Waals surface area (Å²) in [6, 6.07) is 20.9. The molecule has 0 radical (unpaired) electrons. The molecule has 0 aliphatic heterocycles. The molecular formula is C19H15N3O2. The van der Waals surface area contributed by atoms with E-state index in [1.54, 1.807) is 11.6 Å². The fourth-order valence-electron chi connectivity index (χ4n) is 2.48. The molecule has 0 amide bonds. The van der Waals surface area contributed by atoms with Crippen molar-refractivity contribution in [2.45, 2.75) is 6.92 Å². The lowest BCUT2D eigenvalue weighted by Crippen LogP contribution is -2.08. The number of benzene rings is 2. The zero-order valence-electron chi connectivity index (χ0n) is 13.1. The largest absolute Gasteiger partial charge is 0.461 e. The normalized spacial score (nSPS) is 10.2. The standard InChI is InChI=1S/C19H15N3O2/c1-2-24-19(23)17-16(13-20)18(14-9-5-3-6-10-14)22(21-17)15-11-7-4-8-12-15/h3-12H,2H2,1H3. The van der Waals surface area contributed by atoms with Crippen molar-refractivity contribution >= 4 is 5.97 Å². The number of ether oxygens (including phenoxy) is 1. The smallest absolute Gasteiger partial charge is 0.360 e. The third-order valence-corrected chi connectivity index (χ3v) is 3.51. The van der Waals surface area contributed by atoms with Crippen LogP contribution in [0.3, 0.4) is 0 Å². The Morgan fingerprint density at radius 1 is 1.12 bits per heavy atom. The Balaban J connectivity index is 2.28. The van der Waals surface area contributed by atoms with Crippen molar-refractivity contribution in [3.8, 4) is 23.0 Å². The molecule has 118 valence electrons. The topological polar surface area (TPSA) is 67.9 Å². The van der Waals surface area contributed by atoms with E-state index in [4.69, 9.17) is 4.74 Å². The van der Waals surface area contributed by atoms with Gasteiger partial charge in [0, 0.05) is 5.56 Å². The fourth-order valence-corrected chi connectivity index (χ4v) is 2.48. The van der Waals surface area contributed by atoms with Crippen LogP contribution in [0.4, 0.5) is 0 Å². The van der Waals surface area contributed by atoms with Crippen LogP contribution in [-0.2, 0) is 4.74 Å². The first-order valence-corrected chi connectivity index (χ1v) is 7.57. The Morgan fingerprint density at radius 3 is 2.33 bits per heavy atom. The first-order chi connectivity index (χ1) is 11.8. The highest BCUT2D eigenvalue weighted by Crippen LogP contribution is 2.29. The second kappa shape index (κ2) is 6.80. The third-order valence-electron chi connectivity index (χ3n) is 3.51. The molecular weight excluding hydrogens is 302 g/mol. The van der Waals surface area contributed by atoms with Crippen molar-refractivity contribution < 1.29 is 9.53 Å². The number of nitriles is 1. The van der Waals surface area contributed by atoms with Gasteiger partial charge in [-0.25, -0.2) is 9.48 Å². The molecule has 1 heterocycles. The number of hydrogen-bond acceptors (Lipinski definition) is 4. The van der Waals surface area contributed by atoms with Crippen LogP contribution in [0.5, 0.6) is 0 Å². The SMILES string of the molecule is CCOC(=O)c1nn(-c2ccccc2)c(-c2ccccc2)c1C#N.